The first kappa shape index (κ1) is 15.7. The van der Waals surface area contributed by atoms with E-state index >= 15 is 0 Å². The molecule has 0 unspecified atom stereocenters. The third-order valence-electron chi connectivity index (χ3n) is 3.36. The van der Waals surface area contributed by atoms with Crippen LogP contribution in [-0.2, 0) is 4.74 Å². The number of aromatic nitrogens is 2. The minimum absolute atomic E-state index is 0.219. The number of methoxy groups -OCH3 is 1. The van der Waals surface area contributed by atoms with Crippen LogP contribution in [0.3, 0.4) is 0 Å². The summed E-state index contributed by atoms with van der Waals surface area (Å²) in [6, 6.07) is 6.47. The maximum absolute atomic E-state index is 14.3. The quantitative estimate of drug-likeness (QED) is 0.933. The van der Waals surface area contributed by atoms with Gasteiger partial charge >= 0.3 is 6.09 Å². The first-order valence-electron chi connectivity index (χ1n) is 7.17. The zero-order valence-corrected chi connectivity index (χ0v) is 12.9. The van der Waals surface area contributed by atoms with Crippen molar-refractivity contribution in [1.82, 2.24) is 15.1 Å². The van der Waals surface area contributed by atoms with Gasteiger partial charge in [-0.15, -0.1) is 5.11 Å². The van der Waals surface area contributed by atoms with Crippen molar-refractivity contribution in [2.24, 2.45) is 10.3 Å². The molecule has 24 heavy (non-hydrogen) atoms. The number of benzene rings is 1. The van der Waals surface area contributed by atoms with Gasteiger partial charge in [-0.1, -0.05) is 5.22 Å². The van der Waals surface area contributed by atoms with Gasteiger partial charge in [0.2, 0.25) is 0 Å². The highest BCUT2D eigenvalue weighted by molar-refractivity contribution is 5.67. The molecule has 0 saturated heterocycles. The molecule has 8 nitrogen and oxygen atoms in total. The summed E-state index contributed by atoms with van der Waals surface area (Å²) in [7, 11) is 1.29. The van der Waals surface area contributed by atoms with Crippen molar-refractivity contribution in [3.05, 3.63) is 54.2 Å². The monoisotopic (exact) mass is 330 g/mol. The Morgan fingerprint density at radius 1 is 1.46 bits per heavy atom. The second-order valence-electron chi connectivity index (χ2n) is 4.90. The van der Waals surface area contributed by atoms with E-state index in [1.807, 2.05) is 0 Å². The molecule has 0 spiro atoms. The minimum atomic E-state index is -0.537. The van der Waals surface area contributed by atoms with Gasteiger partial charge in [0, 0.05) is 18.5 Å². The number of ether oxygens (including phenoxy) is 1. The molecule has 1 aliphatic rings. The highest BCUT2D eigenvalue weighted by Crippen LogP contribution is 2.23. The van der Waals surface area contributed by atoms with Crippen LogP contribution in [0.1, 0.15) is 0 Å². The number of anilines is 1. The lowest BCUT2D eigenvalue weighted by atomic mass is 10.2. The van der Waals surface area contributed by atoms with Crippen molar-refractivity contribution in [3.8, 4) is 5.69 Å². The molecule has 1 aromatic carbocycles. The first-order valence-corrected chi connectivity index (χ1v) is 7.17. The summed E-state index contributed by atoms with van der Waals surface area (Å²) < 4.78 is 20.2. The van der Waals surface area contributed by atoms with Crippen LogP contribution in [0.2, 0.25) is 0 Å². The molecule has 124 valence electrons. The van der Waals surface area contributed by atoms with Crippen molar-refractivity contribution in [2.45, 2.75) is 0 Å². The van der Waals surface area contributed by atoms with Gasteiger partial charge in [0.25, 0.3) is 0 Å². The normalized spacial score (nSPS) is 13.6. The smallest absolute Gasteiger partial charge is 0.407 e. The summed E-state index contributed by atoms with van der Waals surface area (Å²) in [4.78, 5) is 11.0. The summed E-state index contributed by atoms with van der Waals surface area (Å²) in [6.45, 7) is 0.638. The lowest BCUT2D eigenvalue weighted by Crippen LogP contribution is -2.27. The number of carbonyl (C=O) groups is 1. The number of nitrogens with zero attached hydrogens (tertiary/aromatic N) is 5. The molecule has 0 saturated carbocycles. The molecular formula is C15H15FN6O2. The number of rotatable bonds is 4. The van der Waals surface area contributed by atoms with Crippen LogP contribution in [0, 0.1) is 5.82 Å². The van der Waals surface area contributed by atoms with Crippen molar-refractivity contribution < 1.29 is 13.9 Å². The molecule has 2 aromatic rings. The van der Waals surface area contributed by atoms with Crippen LogP contribution in [0.4, 0.5) is 14.9 Å². The van der Waals surface area contributed by atoms with Crippen molar-refractivity contribution in [2.75, 3.05) is 25.2 Å². The van der Waals surface area contributed by atoms with Gasteiger partial charge in [0.1, 0.15) is 5.69 Å². The van der Waals surface area contributed by atoms with E-state index in [0.717, 1.165) is 0 Å². The molecule has 1 aliphatic heterocycles. The van der Waals surface area contributed by atoms with Gasteiger partial charge in [-0.3, -0.25) is 0 Å². The summed E-state index contributed by atoms with van der Waals surface area (Å²) >= 11 is 0. The molecule has 9 heteroatoms. The molecule has 0 fully saturated rings. The van der Waals surface area contributed by atoms with Crippen LogP contribution in [0.25, 0.3) is 5.69 Å². The Bertz CT molecular complexity index is 787. The zero-order chi connectivity index (χ0) is 16.9. The maximum atomic E-state index is 14.3. The third kappa shape index (κ3) is 3.40. The summed E-state index contributed by atoms with van der Waals surface area (Å²) in [5, 5.41) is 16.1. The Balaban J connectivity index is 1.67. The largest absolute Gasteiger partial charge is 0.453 e. The topological polar surface area (TPSA) is 84.1 Å². The second-order valence-corrected chi connectivity index (χ2v) is 4.90. The highest BCUT2D eigenvalue weighted by Gasteiger charge is 2.13. The van der Waals surface area contributed by atoms with E-state index in [9.17, 15) is 9.18 Å². The van der Waals surface area contributed by atoms with E-state index in [0.29, 0.717) is 23.6 Å². The van der Waals surface area contributed by atoms with Crippen LogP contribution in [0.15, 0.2) is 58.8 Å². The molecule has 0 atom stereocenters. The predicted molar refractivity (Wildman–Crippen MR) is 84.2 cm³/mol. The summed E-state index contributed by atoms with van der Waals surface area (Å²) in [5.74, 6) is -0.409. The Labute approximate surface area is 137 Å². The van der Waals surface area contributed by atoms with Crippen molar-refractivity contribution >= 4 is 11.8 Å². The van der Waals surface area contributed by atoms with E-state index < -0.39 is 11.9 Å². The van der Waals surface area contributed by atoms with E-state index in [1.54, 1.807) is 41.7 Å². The van der Waals surface area contributed by atoms with Crippen molar-refractivity contribution in [3.63, 3.8) is 0 Å². The fraction of sp³-hybridized carbons (Fsp3) is 0.200. The summed E-state index contributed by atoms with van der Waals surface area (Å²) in [6.07, 6.45) is 4.51. The number of alkyl carbamates (subject to hydrolysis) is 1. The average molecular weight is 330 g/mol. The number of amides is 1. The number of carbonyl (C=O) groups excluding carboxylic acids is 1. The second kappa shape index (κ2) is 6.90. The van der Waals surface area contributed by atoms with Crippen molar-refractivity contribution in [1.29, 1.82) is 0 Å². The van der Waals surface area contributed by atoms with Gasteiger partial charge in [0.05, 0.1) is 31.6 Å². The Kier molecular flexibility index (Phi) is 4.50. The van der Waals surface area contributed by atoms with Gasteiger partial charge < -0.3 is 10.1 Å². The van der Waals surface area contributed by atoms with Crippen LogP contribution >= 0.6 is 0 Å². The first-order chi connectivity index (χ1) is 11.7. The number of halogens is 1. The lowest BCUT2D eigenvalue weighted by Gasteiger charge is -2.20. The minimum Gasteiger partial charge on any atom is -0.453 e. The van der Waals surface area contributed by atoms with Crippen LogP contribution < -0.4 is 10.3 Å². The zero-order valence-electron chi connectivity index (χ0n) is 12.9. The van der Waals surface area contributed by atoms with Crippen LogP contribution in [-0.4, -0.2) is 36.1 Å². The summed E-state index contributed by atoms with van der Waals surface area (Å²) in [5.41, 5.74) is 1.53. The molecule has 1 aromatic heterocycles. The Morgan fingerprint density at radius 2 is 2.33 bits per heavy atom. The fourth-order valence-corrected chi connectivity index (χ4v) is 2.13. The maximum Gasteiger partial charge on any atom is 0.407 e. The average Bonchev–Trinajstić information content (AvgIpc) is 3.14. The molecule has 1 amide bonds. The van der Waals surface area contributed by atoms with Crippen LogP contribution in [0.5, 0.6) is 0 Å². The van der Waals surface area contributed by atoms with Gasteiger partial charge in [-0.2, -0.15) is 5.10 Å². The molecule has 1 N–H and O–H groups in total. The highest BCUT2D eigenvalue weighted by atomic mass is 19.1. The number of nitrogens with one attached hydrogen (secondary N) is 1. The molecule has 0 bridgehead atoms. The van der Waals surface area contributed by atoms with E-state index in [1.165, 1.54) is 17.9 Å². The fourth-order valence-electron chi connectivity index (χ4n) is 2.13. The van der Waals surface area contributed by atoms with E-state index in [2.05, 4.69) is 25.5 Å². The Morgan fingerprint density at radius 3 is 2.96 bits per heavy atom. The van der Waals surface area contributed by atoms with E-state index in [4.69, 9.17) is 0 Å². The molecule has 2 heterocycles. The molecular weight excluding hydrogens is 315 g/mol. The van der Waals surface area contributed by atoms with Gasteiger partial charge in [0.15, 0.2) is 5.82 Å². The van der Waals surface area contributed by atoms with E-state index in [-0.39, 0.29) is 6.54 Å². The predicted octanol–water partition coefficient (Wildman–Crippen LogP) is 2.44. The molecule has 0 aliphatic carbocycles. The standard InChI is InChI=1S/C15H15FN6O2/c1-24-15(23)17-10-11-5-8-21(20-19-11)12-3-4-14(13(16)9-12)22-7-2-6-18-22/h2-7,9H,8,10H2,1H3,(H,17,23). The third-order valence-corrected chi connectivity index (χ3v) is 3.36. The van der Waals surface area contributed by atoms with Gasteiger partial charge in [-0.05, 0) is 24.3 Å². The Hall–Kier alpha value is -3.23. The number of hydrogen-bond donors (Lipinski definition) is 1. The number of hydrogen-bond acceptors (Lipinski definition) is 6. The van der Waals surface area contributed by atoms with Gasteiger partial charge in [-0.25, -0.2) is 18.9 Å². The SMILES string of the molecule is COC(=O)NCC1=CCN(c2ccc(-n3cccn3)c(F)c2)N=N1. The molecule has 0 radical (unpaired) electrons. The molecule has 3 rings (SSSR count). The lowest BCUT2D eigenvalue weighted by molar-refractivity contribution is 0.172.